The number of hydrogen-bond acceptors (Lipinski definition) is 4. The summed E-state index contributed by atoms with van der Waals surface area (Å²) >= 11 is 0. The van der Waals surface area contributed by atoms with Gasteiger partial charge in [-0.2, -0.15) is 0 Å². The summed E-state index contributed by atoms with van der Waals surface area (Å²) in [4.78, 5) is 17.5. The summed E-state index contributed by atoms with van der Waals surface area (Å²) in [6, 6.07) is 16.2. The number of halogens is 1. The molecule has 1 aliphatic heterocycles. The summed E-state index contributed by atoms with van der Waals surface area (Å²) in [7, 11) is 2.14. The molecule has 6 heteroatoms. The van der Waals surface area contributed by atoms with Gasteiger partial charge in [-0.3, -0.25) is 9.69 Å². The average molecular weight is 440 g/mol. The van der Waals surface area contributed by atoms with Gasteiger partial charge in [0.05, 0.1) is 6.10 Å². The molecule has 0 aromatic heterocycles. The van der Waals surface area contributed by atoms with E-state index >= 15 is 0 Å². The van der Waals surface area contributed by atoms with Crippen molar-refractivity contribution in [2.75, 3.05) is 39.8 Å². The van der Waals surface area contributed by atoms with Gasteiger partial charge in [0.1, 0.15) is 5.82 Å². The van der Waals surface area contributed by atoms with E-state index in [0.29, 0.717) is 18.5 Å². The normalized spacial score (nSPS) is 27.6. The highest BCUT2D eigenvalue weighted by atomic mass is 19.1. The molecule has 4 rings (SSSR count). The second kappa shape index (κ2) is 10.1. The monoisotopic (exact) mass is 439 g/mol. The van der Waals surface area contributed by atoms with Crippen molar-refractivity contribution in [3.05, 3.63) is 71.5 Å². The van der Waals surface area contributed by atoms with E-state index < -0.39 is 0 Å². The summed E-state index contributed by atoms with van der Waals surface area (Å²) in [6.45, 7) is 4.52. The van der Waals surface area contributed by atoms with Crippen LogP contribution in [0.4, 0.5) is 4.39 Å². The van der Waals surface area contributed by atoms with Gasteiger partial charge in [-0.1, -0.05) is 30.3 Å². The molecule has 1 aliphatic carbocycles. The first-order valence-corrected chi connectivity index (χ1v) is 11.7. The Hall–Kier alpha value is -2.28. The van der Waals surface area contributed by atoms with Gasteiger partial charge in [-0.15, -0.1) is 0 Å². The van der Waals surface area contributed by atoms with E-state index in [9.17, 15) is 14.3 Å². The van der Waals surface area contributed by atoms with E-state index in [1.165, 1.54) is 29.8 Å². The van der Waals surface area contributed by atoms with Crippen molar-refractivity contribution < 1.29 is 14.3 Å². The van der Waals surface area contributed by atoms with Crippen LogP contribution in [-0.4, -0.2) is 72.7 Å². The molecule has 0 unspecified atom stereocenters. The number of hydrogen-bond donors (Lipinski definition) is 2. The number of carbonyl (C=O) groups excluding carboxylic acids is 1. The van der Waals surface area contributed by atoms with Gasteiger partial charge in [-0.25, -0.2) is 4.39 Å². The summed E-state index contributed by atoms with van der Waals surface area (Å²) in [5.74, 6) is -0.546. The van der Waals surface area contributed by atoms with Crippen molar-refractivity contribution in [3.8, 4) is 0 Å². The molecule has 2 aliphatic rings. The van der Waals surface area contributed by atoms with Gasteiger partial charge < -0.3 is 15.3 Å². The summed E-state index contributed by atoms with van der Waals surface area (Å²) < 4.78 is 13.2. The number of carbonyl (C=O) groups is 1. The Labute approximate surface area is 190 Å². The molecular weight excluding hydrogens is 405 g/mol. The first-order chi connectivity index (χ1) is 15.5. The minimum atomic E-state index is -0.364. The Morgan fingerprint density at radius 1 is 1.03 bits per heavy atom. The van der Waals surface area contributed by atoms with Crippen LogP contribution in [0.2, 0.25) is 0 Å². The zero-order chi connectivity index (χ0) is 22.6. The van der Waals surface area contributed by atoms with E-state index in [-0.39, 0.29) is 29.3 Å². The van der Waals surface area contributed by atoms with Crippen LogP contribution in [0.5, 0.6) is 0 Å². The van der Waals surface area contributed by atoms with Crippen LogP contribution in [0.3, 0.4) is 0 Å². The molecule has 2 N–H and O–H groups in total. The van der Waals surface area contributed by atoms with Crippen LogP contribution in [-0.2, 0) is 5.41 Å². The molecule has 3 atom stereocenters. The summed E-state index contributed by atoms with van der Waals surface area (Å²) in [5, 5.41) is 14.2. The molecule has 0 spiro atoms. The summed E-state index contributed by atoms with van der Waals surface area (Å²) in [6.07, 6.45) is 2.95. The molecule has 2 aromatic carbocycles. The van der Waals surface area contributed by atoms with Crippen LogP contribution in [0.15, 0.2) is 54.6 Å². The molecule has 1 saturated heterocycles. The van der Waals surface area contributed by atoms with Gasteiger partial charge in [0.25, 0.3) is 5.91 Å². The number of piperazine rings is 1. The molecule has 1 heterocycles. The Bertz CT molecular complexity index is 884. The lowest BCUT2D eigenvalue weighted by Crippen LogP contribution is -2.52. The lowest BCUT2D eigenvalue weighted by molar-refractivity contribution is 0.0200. The number of benzene rings is 2. The molecule has 0 bridgehead atoms. The average Bonchev–Trinajstić information content (AvgIpc) is 2.99. The molecule has 2 fully saturated rings. The van der Waals surface area contributed by atoms with Crippen molar-refractivity contribution >= 4 is 5.91 Å². The lowest BCUT2D eigenvalue weighted by Gasteiger charge is -2.39. The molecule has 172 valence electrons. The van der Waals surface area contributed by atoms with Crippen molar-refractivity contribution in [2.45, 2.75) is 43.2 Å². The highest BCUT2D eigenvalue weighted by Crippen LogP contribution is 2.39. The van der Waals surface area contributed by atoms with Crippen LogP contribution in [0.1, 0.15) is 41.6 Å². The van der Waals surface area contributed by atoms with Crippen LogP contribution in [0, 0.1) is 5.82 Å². The van der Waals surface area contributed by atoms with Crippen molar-refractivity contribution in [2.24, 2.45) is 0 Å². The maximum absolute atomic E-state index is 13.2. The van der Waals surface area contributed by atoms with Crippen LogP contribution < -0.4 is 5.32 Å². The van der Waals surface area contributed by atoms with Crippen molar-refractivity contribution in [1.29, 1.82) is 0 Å². The molecule has 1 saturated carbocycles. The van der Waals surface area contributed by atoms with Gasteiger partial charge in [-0.05, 0) is 62.6 Å². The number of amides is 1. The Morgan fingerprint density at radius 2 is 1.69 bits per heavy atom. The quantitative estimate of drug-likeness (QED) is 0.704. The number of aliphatic hydroxyl groups is 1. The Morgan fingerprint density at radius 3 is 2.38 bits per heavy atom. The topological polar surface area (TPSA) is 55.8 Å². The molecule has 2 aromatic rings. The minimum absolute atomic E-state index is 0.155. The highest BCUT2D eigenvalue weighted by Gasteiger charge is 2.40. The minimum Gasteiger partial charge on any atom is -0.391 e. The lowest BCUT2D eigenvalue weighted by atomic mass is 9.74. The zero-order valence-electron chi connectivity index (χ0n) is 18.8. The van der Waals surface area contributed by atoms with Gasteiger partial charge in [0, 0.05) is 49.7 Å². The van der Waals surface area contributed by atoms with Gasteiger partial charge >= 0.3 is 0 Å². The van der Waals surface area contributed by atoms with Crippen LogP contribution in [0.25, 0.3) is 0 Å². The zero-order valence-corrected chi connectivity index (χ0v) is 18.8. The third-order valence-corrected chi connectivity index (χ3v) is 7.37. The fraction of sp³-hybridized carbons (Fsp3) is 0.500. The Balaban J connectivity index is 1.51. The van der Waals surface area contributed by atoms with Crippen molar-refractivity contribution in [1.82, 2.24) is 15.1 Å². The van der Waals surface area contributed by atoms with E-state index in [0.717, 1.165) is 45.4 Å². The van der Waals surface area contributed by atoms with E-state index in [1.807, 2.05) is 18.2 Å². The van der Waals surface area contributed by atoms with Gasteiger partial charge in [0.15, 0.2) is 0 Å². The fourth-order valence-corrected chi connectivity index (χ4v) is 5.25. The number of rotatable bonds is 5. The fourth-order valence-electron chi connectivity index (χ4n) is 5.25. The maximum Gasteiger partial charge on any atom is 0.251 e. The van der Waals surface area contributed by atoms with E-state index in [4.69, 9.17) is 0 Å². The second-order valence-corrected chi connectivity index (χ2v) is 9.39. The molecule has 5 nitrogen and oxygen atoms in total. The molecule has 0 radical (unpaired) electrons. The second-order valence-electron chi connectivity index (χ2n) is 9.39. The standard InChI is InChI=1S/C26H34FN3O2/c1-29-15-17-30(18-16-29)23-11-13-26(14-12-24(23)31,21-5-3-2-4-6-21)19-28-25(32)20-7-9-22(27)10-8-20/h2-10,23-24,31H,11-19H2,1H3,(H,28,32)/t23-,24-,26-/m0/s1. The van der Waals surface area contributed by atoms with Crippen LogP contribution >= 0.6 is 0 Å². The number of aliphatic hydroxyl groups excluding tert-OH is 1. The summed E-state index contributed by atoms with van der Waals surface area (Å²) in [5.41, 5.74) is 1.42. The number of nitrogens with zero attached hydrogens (tertiary/aromatic N) is 2. The Kier molecular flexibility index (Phi) is 7.23. The third kappa shape index (κ3) is 5.20. The first kappa shape index (κ1) is 22.9. The predicted molar refractivity (Wildman–Crippen MR) is 124 cm³/mol. The smallest absolute Gasteiger partial charge is 0.251 e. The third-order valence-electron chi connectivity index (χ3n) is 7.37. The number of nitrogens with one attached hydrogen (secondary N) is 1. The van der Waals surface area contributed by atoms with Crippen molar-refractivity contribution in [3.63, 3.8) is 0 Å². The first-order valence-electron chi connectivity index (χ1n) is 11.7. The SMILES string of the molecule is CN1CCN([C@H]2CC[C@](CNC(=O)c3ccc(F)cc3)(c3ccccc3)CC[C@@H]2O)CC1. The largest absolute Gasteiger partial charge is 0.391 e. The van der Waals surface area contributed by atoms with E-state index in [2.05, 4.69) is 34.3 Å². The van der Waals surface area contributed by atoms with Gasteiger partial charge in [0.2, 0.25) is 0 Å². The molecule has 32 heavy (non-hydrogen) atoms. The van der Waals surface area contributed by atoms with E-state index in [1.54, 1.807) is 0 Å². The molecular formula is C26H34FN3O2. The molecule has 1 amide bonds. The maximum atomic E-state index is 13.2. The predicted octanol–water partition coefficient (Wildman–Crippen LogP) is 3.04. The highest BCUT2D eigenvalue weighted by molar-refractivity contribution is 5.94. The number of likely N-dealkylation sites (N-methyl/N-ethyl adjacent to an activating group) is 1.